The molecular weight excluding hydrogens is 224 g/mol. The average molecular weight is 235 g/mol. The molecule has 1 aromatic heterocycles. The van der Waals surface area contributed by atoms with E-state index >= 15 is 0 Å². The van der Waals surface area contributed by atoms with Gasteiger partial charge in [0, 0.05) is 19.0 Å². The van der Waals surface area contributed by atoms with Gasteiger partial charge in [-0.05, 0) is 25.0 Å². The fraction of sp³-hybridized carbons (Fsp3) is 0.417. The van der Waals surface area contributed by atoms with Crippen LogP contribution in [0.3, 0.4) is 0 Å². The SMILES string of the molecule is N#CC1(c2ccc(Cl)cn2)CCC(=O)CC1. The Bertz CT molecular complexity index is 437. The monoisotopic (exact) mass is 234 g/mol. The summed E-state index contributed by atoms with van der Waals surface area (Å²) in [4.78, 5) is 15.4. The molecule has 1 fully saturated rings. The number of carbonyl (C=O) groups is 1. The van der Waals surface area contributed by atoms with E-state index in [1.54, 1.807) is 18.3 Å². The van der Waals surface area contributed by atoms with Crippen LogP contribution in [0.2, 0.25) is 5.02 Å². The lowest BCUT2D eigenvalue weighted by Crippen LogP contribution is -2.31. The van der Waals surface area contributed by atoms with Crippen LogP contribution in [-0.2, 0) is 10.2 Å². The van der Waals surface area contributed by atoms with Crippen molar-refractivity contribution < 1.29 is 4.79 Å². The molecule has 82 valence electrons. The minimum Gasteiger partial charge on any atom is -0.300 e. The van der Waals surface area contributed by atoms with E-state index in [0.29, 0.717) is 30.7 Å². The first-order valence-electron chi connectivity index (χ1n) is 5.21. The molecule has 0 spiro atoms. The first kappa shape index (κ1) is 11.1. The summed E-state index contributed by atoms with van der Waals surface area (Å²) in [6.45, 7) is 0. The van der Waals surface area contributed by atoms with Gasteiger partial charge in [0.15, 0.2) is 0 Å². The summed E-state index contributed by atoms with van der Waals surface area (Å²) in [5.41, 5.74) is 0.130. The summed E-state index contributed by atoms with van der Waals surface area (Å²) >= 11 is 5.76. The largest absolute Gasteiger partial charge is 0.300 e. The lowest BCUT2D eigenvalue weighted by molar-refractivity contribution is -0.121. The van der Waals surface area contributed by atoms with Gasteiger partial charge in [-0.25, -0.2) is 0 Å². The standard InChI is InChI=1S/C12H11ClN2O/c13-9-1-2-11(15-7-9)12(8-14)5-3-10(16)4-6-12/h1-2,7H,3-6H2. The Morgan fingerprint density at radius 3 is 2.56 bits per heavy atom. The molecule has 0 aromatic carbocycles. The molecule has 1 aliphatic carbocycles. The maximum absolute atomic E-state index is 11.2. The van der Waals surface area contributed by atoms with Crippen LogP contribution in [0.4, 0.5) is 0 Å². The predicted molar refractivity (Wildman–Crippen MR) is 60.0 cm³/mol. The fourth-order valence-corrected chi connectivity index (χ4v) is 2.15. The van der Waals surface area contributed by atoms with Crippen LogP contribution in [0.15, 0.2) is 18.3 Å². The number of nitriles is 1. The van der Waals surface area contributed by atoms with Crippen LogP contribution in [0.1, 0.15) is 31.4 Å². The highest BCUT2D eigenvalue weighted by atomic mass is 35.5. The number of halogens is 1. The van der Waals surface area contributed by atoms with Crippen molar-refractivity contribution >= 4 is 17.4 Å². The molecule has 0 N–H and O–H groups in total. The van der Waals surface area contributed by atoms with Crippen LogP contribution in [0.5, 0.6) is 0 Å². The number of carbonyl (C=O) groups excluding carboxylic acids is 1. The summed E-state index contributed by atoms with van der Waals surface area (Å²) in [7, 11) is 0. The maximum Gasteiger partial charge on any atom is 0.133 e. The van der Waals surface area contributed by atoms with Crippen molar-refractivity contribution in [2.24, 2.45) is 0 Å². The fourth-order valence-electron chi connectivity index (χ4n) is 2.04. The summed E-state index contributed by atoms with van der Waals surface area (Å²) in [5.74, 6) is 0.236. The third kappa shape index (κ3) is 1.94. The first-order valence-corrected chi connectivity index (χ1v) is 5.59. The zero-order chi connectivity index (χ0) is 11.6. The number of rotatable bonds is 1. The molecule has 0 unspecified atom stereocenters. The molecule has 1 aliphatic rings. The number of aromatic nitrogens is 1. The molecule has 4 heteroatoms. The van der Waals surface area contributed by atoms with Crippen molar-refractivity contribution in [2.45, 2.75) is 31.1 Å². The van der Waals surface area contributed by atoms with Crippen molar-refractivity contribution in [1.82, 2.24) is 4.98 Å². The molecule has 0 bridgehead atoms. The smallest absolute Gasteiger partial charge is 0.133 e. The molecule has 1 aromatic rings. The van der Waals surface area contributed by atoms with E-state index in [4.69, 9.17) is 11.6 Å². The Morgan fingerprint density at radius 2 is 2.06 bits per heavy atom. The van der Waals surface area contributed by atoms with Gasteiger partial charge in [-0.1, -0.05) is 11.6 Å². The molecule has 0 aliphatic heterocycles. The van der Waals surface area contributed by atoms with Gasteiger partial charge in [0.05, 0.1) is 16.8 Å². The molecular formula is C12H11ClN2O. The minimum atomic E-state index is -0.599. The van der Waals surface area contributed by atoms with Crippen molar-refractivity contribution in [2.75, 3.05) is 0 Å². The lowest BCUT2D eigenvalue weighted by atomic mass is 9.72. The van der Waals surface area contributed by atoms with E-state index in [-0.39, 0.29) is 5.78 Å². The van der Waals surface area contributed by atoms with E-state index in [0.717, 1.165) is 5.69 Å². The number of Topliss-reactive ketones (excluding diaryl/α,β-unsaturated/α-hetero) is 1. The third-order valence-electron chi connectivity index (χ3n) is 3.09. The van der Waals surface area contributed by atoms with Gasteiger partial charge >= 0.3 is 0 Å². The topological polar surface area (TPSA) is 53.8 Å². The Morgan fingerprint density at radius 1 is 1.38 bits per heavy atom. The van der Waals surface area contributed by atoms with Crippen LogP contribution >= 0.6 is 11.6 Å². The highest BCUT2D eigenvalue weighted by Gasteiger charge is 2.37. The molecule has 0 radical (unpaired) electrons. The van der Waals surface area contributed by atoms with Crippen LogP contribution in [0.25, 0.3) is 0 Å². The van der Waals surface area contributed by atoms with E-state index in [1.165, 1.54) is 0 Å². The van der Waals surface area contributed by atoms with E-state index in [1.807, 2.05) is 0 Å². The Labute approximate surface area is 99.1 Å². The minimum absolute atomic E-state index is 0.236. The number of hydrogen-bond acceptors (Lipinski definition) is 3. The van der Waals surface area contributed by atoms with Gasteiger partial charge in [-0.15, -0.1) is 0 Å². The normalized spacial score (nSPS) is 19.1. The number of nitrogens with zero attached hydrogens (tertiary/aromatic N) is 2. The molecule has 0 atom stereocenters. The quantitative estimate of drug-likeness (QED) is 0.751. The van der Waals surface area contributed by atoms with Crippen LogP contribution < -0.4 is 0 Å². The first-order chi connectivity index (χ1) is 7.66. The number of pyridine rings is 1. The summed E-state index contributed by atoms with van der Waals surface area (Å²) < 4.78 is 0. The highest BCUT2D eigenvalue weighted by Crippen LogP contribution is 2.36. The Hall–Kier alpha value is -1.40. The molecule has 0 amide bonds. The number of hydrogen-bond donors (Lipinski definition) is 0. The molecule has 1 heterocycles. The van der Waals surface area contributed by atoms with Crippen molar-refractivity contribution in [3.05, 3.63) is 29.0 Å². The third-order valence-corrected chi connectivity index (χ3v) is 3.32. The van der Waals surface area contributed by atoms with Crippen molar-refractivity contribution in [3.63, 3.8) is 0 Å². The van der Waals surface area contributed by atoms with Crippen molar-refractivity contribution in [1.29, 1.82) is 5.26 Å². The summed E-state index contributed by atoms with van der Waals surface area (Å²) in [6, 6.07) is 5.83. The zero-order valence-corrected chi connectivity index (χ0v) is 9.50. The molecule has 3 nitrogen and oxygen atoms in total. The Kier molecular flexibility index (Phi) is 2.93. The van der Waals surface area contributed by atoms with Gasteiger partial charge in [-0.3, -0.25) is 9.78 Å². The van der Waals surface area contributed by atoms with Gasteiger partial charge in [-0.2, -0.15) is 5.26 Å². The summed E-state index contributed by atoms with van der Waals surface area (Å²) in [5, 5.41) is 9.88. The molecule has 0 saturated heterocycles. The van der Waals surface area contributed by atoms with E-state index in [9.17, 15) is 10.1 Å². The van der Waals surface area contributed by atoms with Gasteiger partial charge in [0.2, 0.25) is 0 Å². The van der Waals surface area contributed by atoms with Gasteiger partial charge in [0.1, 0.15) is 11.2 Å². The maximum atomic E-state index is 11.2. The van der Waals surface area contributed by atoms with Gasteiger partial charge < -0.3 is 0 Å². The summed E-state index contributed by atoms with van der Waals surface area (Å²) in [6.07, 6.45) is 3.62. The number of ketones is 1. The lowest BCUT2D eigenvalue weighted by Gasteiger charge is -2.29. The second-order valence-electron chi connectivity index (χ2n) is 4.09. The highest BCUT2D eigenvalue weighted by molar-refractivity contribution is 6.30. The second kappa shape index (κ2) is 4.23. The van der Waals surface area contributed by atoms with Crippen molar-refractivity contribution in [3.8, 4) is 6.07 Å². The van der Waals surface area contributed by atoms with E-state index < -0.39 is 5.41 Å². The van der Waals surface area contributed by atoms with E-state index in [2.05, 4.69) is 11.1 Å². The Balaban J connectivity index is 2.32. The average Bonchev–Trinajstić information content (AvgIpc) is 2.32. The van der Waals surface area contributed by atoms with Crippen LogP contribution in [-0.4, -0.2) is 10.8 Å². The molecule has 16 heavy (non-hydrogen) atoms. The second-order valence-corrected chi connectivity index (χ2v) is 4.53. The van der Waals surface area contributed by atoms with Gasteiger partial charge in [0.25, 0.3) is 0 Å². The molecule has 1 saturated carbocycles. The predicted octanol–water partition coefficient (Wildman–Crippen LogP) is 2.64. The van der Waals surface area contributed by atoms with Crippen LogP contribution in [0, 0.1) is 11.3 Å². The zero-order valence-electron chi connectivity index (χ0n) is 8.74. The molecule has 2 rings (SSSR count).